The standard InChI is InChI=1S/C14H10ClF4NS/c15-10-3-6-13(12(16)7-10)20-8-9-1-4-11(5-2-9)21-14(17,18)19/h1-7,20H,8H2. The van der Waals surface area contributed by atoms with Crippen molar-refractivity contribution in [3.63, 3.8) is 0 Å². The molecule has 0 aliphatic rings. The summed E-state index contributed by atoms with van der Waals surface area (Å²) in [5.41, 5.74) is -3.27. The molecule has 7 heteroatoms. The van der Waals surface area contributed by atoms with E-state index in [4.69, 9.17) is 11.6 Å². The van der Waals surface area contributed by atoms with E-state index in [1.807, 2.05) is 0 Å². The number of alkyl halides is 3. The van der Waals surface area contributed by atoms with Gasteiger partial charge >= 0.3 is 5.51 Å². The average molecular weight is 336 g/mol. The molecule has 0 saturated carbocycles. The van der Waals surface area contributed by atoms with Crippen molar-refractivity contribution >= 4 is 29.1 Å². The zero-order valence-electron chi connectivity index (χ0n) is 10.5. The minimum atomic E-state index is -4.30. The molecule has 2 aromatic carbocycles. The van der Waals surface area contributed by atoms with Gasteiger partial charge in [-0.05, 0) is 47.7 Å². The topological polar surface area (TPSA) is 12.0 Å². The van der Waals surface area contributed by atoms with E-state index in [-0.39, 0.29) is 22.3 Å². The van der Waals surface area contributed by atoms with E-state index in [0.29, 0.717) is 11.6 Å². The van der Waals surface area contributed by atoms with Gasteiger partial charge in [-0.1, -0.05) is 23.7 Å². The quantitative estimate of drug-likeness (QED) is 0.568. The molecule has 0 aliphatic carbocycles. The molecule has 0 heterocycles. The summed E-state index contributed by atoms with van der Waals surface area (Å²) < 4.78 is 50.1. The Hall–Kier alpha value is -1.40. The second-order valence-corrected chi connectivity index (χ2v) is 5.74. The van der Waals surface area contributed by atoms with Crippen molar-refractivity contribution in [1.82, 2.24) is 0 Å². The van der Waals surface area contributed by atoms with E-state index in [1.54, 1.807) is 18.2 Å². The third kappa shape index (κ3) is 5.13. The summed E-state index contributed by atoms with van der Waals surface area (Å²) in [5.74, 6) is -0.480. The van der Waals surface area contributed by atoms with Gasteiger partial charge in [-0.3, -0.25) is 0 Å². The predicted molar refractivity (Wildman–Crippen MR) is 77.1 cm³/mol. The van der Waals surface area contributed by atoms with Gasteiger partial charge < -0.3 is 5.32 Å². The largest absolute Gasteiger partial charge is 0.446 e. The second kappa shape index (κ2) is 6.58. The number of thioether (sulfide) groups is 1. The van der Waals surface area contributed by atoms with Crippen LogP contribution in [0.3, 0.4) is 0 Å². The first kappa shape index (κ1) is 16.0. The van der Waals surface area contributed by atoms with Gasteiger partial charge in [-0.2, -0.15) is 13.2 Å². The van der Waals surface area contributed by atoms with Gasteiger partial charge in [-0.15, -0.1) is 0 Å². The molecule has 0 atom stereocenters. The fourth-order valence-corrected chi connectivity index (χ4v) is 2.34. The highest BCUT2D eigenvalue weighted by atomic mass is 35.5. The summed E-state index contributed by atoms with van der Waals surface area (Å²) >= 11 is 5.48. The monoisotopic (exact) mass is 335 g/mol. The Balaban J connectivity index is 1.97. The molecular weight excluding hydrogens is 326 g/mol. The van der Waals surface area contributed by atoms with Crippen molar-refractivity contribution in [1.29, 1.82) is 0 Å². The molecule has 2 aromatic rings. The van der Waals surface area contributed by atoms with Crippen LogP contribution in [0.2, 0.25) is 5.02 Å². The maximum Gasteiger partial charge on any atom is 0.446 e. The number of halogens is 5. The number of hydrogen-bond acceptors (Lipinski definition) is 2. The SMILES string of the molecule is Fc1cc(Cl)ccc1NCc1ccc(SC(F)(F)F)cc1. The summed E-state index contributed by atoms with van der Waals surface area (Å²) in [4.78, 5) is 0.115. The van der Waals surface area contributed by atoms with Crippen LogP contribution in [-0.4, -0.2) is 5.51 Å². The normalized spacial score (nSPS) is 11.5. The van der Waals surface area contributed by atoms with Crippen LogP contribution in [0.25, 0.3) is 0 Å². The van der Waals surface area contributed by atoms with Crippen LogP contribution in [0.5, 0.6) is 0 Å². The molecule has 0 aliphatic heterocycles. The molecule has 0 spiro atoms. The molecule has 0 saturated heterocycles. The zero-order chi connectivity index (χ0) is 15.5. The van der Waals surface area contributed by atoms with Crippen LogP contribution < -0.4 is 5.32 Å². The Morgan fingerprint density at radius 2 is 1.71 bits per heavy atom. The van der Waals surface area contributed by atoms with Gasteiger partial charge in [-0.25, -0.2) is 4.39 Å². The Morgan fingerprint density at radius 1 is 1.05 bits per heavy atom. The van der Waals surface area contributed by atoms with Gasteiger partial charge in [0.1, 0.15) is 5.82 Å². The van der Waals surface area contributed by atoms with Crippen molar-refractivity contribution in [3.8, 4) is 0 Å². The van der Waals surface area contributed by atoms with Gasteiger partial charge in [0.25, 0.3) is 0 Å². The summed E-state index contributed by atoms with van der Waals surface area (Å²) in [6.07, 6.45) is 0. The Morgan fingerprint density at radius 3 is 2.29 bits per heavy atom. The molecule has 21 heavy (non-hydrogen) atoms. The smallest absolute Gasteiger partial charge is 0.379 e. The average Bonchev–Trinajstić information content (AvgIpc) is 2.38. The van der Waals surface area contributed by atoms with Crippen LogP contribution in [0, 0.1) is 5.82 Å². The predicted octanol–water partition coefficient (Wildman–Crippen LogP) is 5.70. The lowest BCUT2D eigenvalue weighted by atomic mass is 10.2. The van der Waals surface area contributed by atoms with Gasteiger partial charge in [0.2, 0.25) is 0 Å². The van der Waals surface area contributed by atoms with E-state index < -0.39 is 11.3 Å². The lowest BCUT2D eigenvalue weighted by molar-refractivity contribution is -0.0328. The van der Waals surface area contributed by atoms with Crippen LogP contribution in [-0.2, 0) is 6.54 Å². The number of benzene rings is 2. The highest BCUT2D eigenvalue weighted by molar-refractivity contribution is 8.00. The molecule has 0 unspecified atom stereocenters. The first-order chi connectivity index (χ1) is 9.83. The minimum absolute atomic E-state index is 0.115. The molecule has 1 nitrogen and oxygen atoms in total. The van der Waals surface area contributed by atoms with E-state index in [1.165, 1.54) is 24.3 Å². The van der Waals surface area contributed by atoms with Crippen LogP contribution in [0.4, 0.5) is 23.2 Å². The number of rotatable bonds is 4. The van der Waals surface area contributed by atoms with E-state index in [9.17, 15) is 17.6 Å². The number of anilines is 1. The minimum Gasteiger partial charge on any atom is -0.379 e. The summed E-state index contributed by atoms with van der Waals surface area (Å²) in [6.45, 7) is 0.301. The molecule has 0 amide bonds. The van der Waals surface area contributed by atoms with Gasteiger partial charge in [0.15, 0.2) is 0 Å². The van der Waals surface area contributed by atoms with Gasteiger partial charge in [0.05, 0.1) is 5.69 Å². The number of nitrogens with one attached hydrogen (secondary N) is 1. The molecule has 112 valence electrons. The van der Waals surface area contributed by atoms with E-state index in [0.717, 1.165) is 5.56 Å². The fourth-order valence-electron chi connectivity index (χ4n) is 1.64. The third-order valence-electron chi connectivity index (χ3n) is 2.57. The van der Waals surface area contributed by atoms with Crippen LogP contribution in [0.15, 0.2) is 47.4 Å². The first-order valence-electron chi connectivity index (χ1n) is 5.87. The number of hydrogen-bond donors (Lipinski definition) is 1. The highest BCUT2D eigenvalue weighted by Crippen LogP contribution is 2.36. The summed E-state index contributed by atoms with van der Waals surface area (Å²) in [7, 11) is 0. The van der Waals surface area contributed by atoms with Crippen molar-refractivity contribution in [2.75, 3.05) is 5.32 Å². The first-order valence-corrected chi connectivity index (χ1v) is 7.06. The van der Waals surface area contributed by atoms with E-state index >= 15 is 0 Å². The molecule has 0 bridgehead atoms. The highest BCUT2D eigenvalue weighted by Gasteiger charge is 2.28. The van der Waals surface area contributed by atoms with Crippen molar-refractivity contribution in [2.45, 2.75) is 16.9 Å². The maximum atomic E-state index is 13.5. The molecular formula is C14H10ClF4NS. The Labute approximate surface area is 128 Å². The molecule has 0 fully saturated rings. The summed E-state index contributed by atoms with van der Waals surface area (Å²) in [6, 6.07) is 10.1. The molecule has 1 N–H and O–H groups in total. The summed E-state index contributed by atoms with van der Waals surface area (Å²) in [5, 5.41) is 3.16. The lowest BCUT2D eigenvalue weighted by Crippen LogP contribution is -2.02. The third-order valence-corrected chi connectivity index (χ3v) is 3.55. The van der Waals surface area contributed by atoms with Crippen LogP contribution >= 0.6 is 23.4 Å². The van der Waals surface area contributed by atoms with E-state index in [2.05, 4.69) is 5.32 Å². The lowest BCUT2D eigenvalue weighted by Gasteiger charge is -2.09. The fraction of sp³-hybridized carbons (Fsp3) is 0.143. The Kier molecular flexibility index (Phi) is 5.00. The van der Waals surface area contributed by atoms with Gasteiger partial charge in [0, 0.05) is 16.5 Å². The second-order valence-electron chi connectivity index (χ2n) is 4.17. The van der Waals surface area contributed by atoms with Crippen molar-refractivity contribution in [2.24, 2.45) is 0 Å². The van der Waals surface area contributed by atoms with Crippen molar-refractivity contribution < 1.29 is 17.6 Å². The van der Waals surface area contributed by atoms with Crippen LogP contribution in [0.1, 0.15) is 5.56 Å². The molecule has 2 rings (SSSR count). The maximum absolute atomic E-state index is 13.5. The molecule has 0 aromatic heterocycles. The van der Waals surface area contributed by atoms with Crippen molar-refractivity contribution in [3.05, 3.63) is 58.9 Å². The Bertz CT molecular complexity index is 613. The zero-order valence-corrected chi connectivity index (χ0v) is 12.1. The molecule has 0 radical (unpaired) electrons.